The smallest absolute Gasteiger partial charge is 0.256 e. The highest BCUT2D eigenvalue weighted by atomic mass is 79.9. The number of halogens is 2. The van der Waals surface area contributed by atoms with Crippen molar-refractivity contribution in [1.29, 1.82) is 0 Å². The summed E-state index contributed by atoms with van der Waals surface area (Å²) in [5.41, 5.74) is 1.51. The molecule has 3 rings (SSSR count). The predicted molar refractivity (Wildman–Crippen MR) is 83.0 cm³/mol. The molecule has 21 heavy (non-hydrogen) atoms. The van der Waals surface area contributed by atoms with E-state index in [-0.39, 0.29) is 5.88 Å². The maximum absolute atomic E-state index is 14.4. The van der Waals surface area contributed by atoms with Gasteiger partial charge in [-0.3, -0.25) is 0 Å². The van der Waals surface area contributed by atoms with Crippen LogP contribution in [0, 0.1) is 12.7 Å². The summed E-state index contributed by atoms with van der Waals surface area (Å²) in [7, 11) is 0. The molecule has 0 bridgehead atoms. The Morgan fingerprint density at radius 3 is 2.95 bits per heavy atom. The first-order valence-corrected chi connectivity index (χ1v) is 7.73. The van der Waals surface area contributed by atoms with Crippen LogP contribution in [0.15, 0.2) is 34.9 Å². The van der Waals surface area contributed by atoms with Crippen LogP contribution < -0.4 is 10.1 Å². The molecule has 1 aliphatic carbocycles. The Morgan fingerprint density at radius 1 is 1.38 bits per heavy atom. The first-order valence-electron chi connectivity index (χ1n) is 6.94. The maximum atomic E-state index is 14.4. The molecule has 110 valence electrons. The molecule has 1 aromatic carbocycles. The van der Waals surface area contributed by atoms with E-state index < -0.39 is 5.82 Å². The number of aryl methyl sites for hydroxylation is 1. The van der Waals surface area contributed by atoms with Gasteiger partial charge in [0.2, 0.25) is 0 Å². The van der Waals surface area contributed by atoms with Crippen LogP contribution in [-0.2, 0) is 6.54 Å². The summed E-state index contributed by atoms with van der Waals surface area (Å²) in [5.74, 6) is 0.222. The topological polar surface area (TPSA) is 34.1 Å². The second-order valence-electron chi connectivity index (χ2n) is 5.26. The van der Waals surface area contributed by atoms with Gasteiger partial charge in [-0.1, -0.05) is 22.0 Å². The van der Waals surface area contributed by atoms with E-state index >= 15 is 0 Å². The van der Waals surface area contributed by atoms with E-state index in [1.54, 1.807) is 12.3 Å². The molecule has 2 aromatic rings. The first-order chi connectivity index (χ1) is 10.1. The second-order valence-corrected chi connectivity index (χ2v) is 6.17. The van der Waals surface area contributed by atoms with Crippen molar-refractivity contribution in [3.05, 3.63) is 51.9 Å². The number of nitrogens with zero attached hydrogens (tertiary/aromatic N) is 1. The van der Waals surface area contributed by atoms with Gasteiger partial charge in [0.1, 0.15) is 5.75 Å². The van der Waals surface area contributed by atoms with Gasteiger partial charge < -0.3 is 10.1 Å². The zero-order chi connectivity index (χ0) is 14.8. The fourth-order valence-electron chi connectivity index (χ4n) is 2.00. The van der Waals surface area contributed by atoms with E-state index in [9.17, 15) is 4.39 Å². The van der Waals surface area contributed by atoms with Crippen molar-refractivity contribution < 1.29 is 9.13 Å². The van der Waals surface area contributed by atoms with E-state index in [4.69, 9.17) is 4.74 Å². The maximum Gasteiger partial charge on any atom is 0.256 e. The minimum Gasteiger partial charge on any atom is -0.436 e. The molecule has 0 aliphatic heterocycles. The minimum atomic E-state index is -0.398. The molecule has 1 aromatic heterocycles. The van der Waals surface area contributed by atoms with Gasteiger partial charge in [0.15, 0.2) is 5.82 Å². The normalized spacial score (nSPS) is 14.2. The Kier molecular flexibility index (Phi) is 4.22. The van der Waals surface area contributed by atoms with E-state index in [1.165, 1.54) is 12.8 Å². The number of pyridine rings is 1. The lowest BCUT2D eigenvalue weighted by molar-refractivity contribution is 0.414. The van der Waals surface area contributed by atoms with Crippen molar-refractivity contribution in [2.45, 2.75) is 32.4 Å². The summed E-state index contributed by atoms with van der Waals surface area (Å²) in [5, 5.41) is 3.29. The van der Waals surface area contributed by atoms with Gasteiger partial charge in [0.25, 0.3) is 5.88 Å². The third kappa shape index (κ3) is 3.60. The third-order valence-electron chi connectivity index (χ3n) is 3.45. The molecule has 0 radical (unpaired) electrons. The Balaban J connectivity index is 1.80. The fraction of sp³-hybridized carbons (Fsp3) is 0.312. The van der Waals surface area contributed by atoms with Crippen LogP contribution in [0.25, 0.3) is 0 Å². The predicted octanol–water partition coefficient (Wildman–Crippen LogP) is 4.34. The van der Waals surface area contributed by atoms with Gasteiger partial charge in [-0.15, -0.1) is 0 Å². The van der Waals surface area contributed by atoms with Crippen LogP contribution in [0.1, 0.15) is 24.0 Å². The molecule has 0 saturated heterocycles. The molecule has 1 heterocycles. The number of aromatic nitrogens is 1. The molecular formula is C16H16BrFN2O. The Labute approximate surface area is 131 Å². The summed E-state index contributed by atoms with van der Waals surface area (Å²) in [6.45, 7) is 2.42. The average Bonchev–Trinajstić information content (AvgIpc) is 3.28. The van der Waals surface area contributed by atoms with Crippen LogP contribution in [0.5, 0.6) is 11.6 Å². The Morgan fingerprint density at radius 2 is 2.19 bits per heavy atom. The fourth-order valence-corrected chi connectivity index (χ4v) is 2.34. The SMILES string of the molecule is Cc1ccc(Br)cc1Oc1nccc(CNC2CC2)c1F. The van der Waals surface area contributed by atoms with Crippen molar-refractivity contribution in [1.82, 2.24) is 10.3 Å². The molecule has 0 unspecified atom stereocenters. The van der Waals surface area contributed by atoms with Crippen molar-refractivity contribution in [3.63, 3.8) is 0 Å². The van der Waals surface area contributed by atoms with Crippen LogP contribution in [0.2, 0.25) is 0 Å². The summed E-state index contributed by atoms with van der Waals surface area (Å²) in [4.78, 5) is 4.01. The molecule has 1 aliphatic rings. The number of rotatable bonds is 5. The standard InChI is InChI=1S/C16H16BrFN2O/c1-10-2-3-12(17)8-14(10)21-16-15(18)11(6-7-19-16)9-20-13-4-5-13/h2-3,6-8,13,20H,4-5,9H2,1H3. The van der Waals surface area contributed by atoms with Crippen molar-refractivity contribution in [2.24, 2.45) is 0 Å². The molecule has 5 heteroatoms. The van der Waals surface area contributed by atoms with Crippen LogP contribution in [-0.4, -0.2) is 11.0 Å². The zero-order valence-electron chi connectivity index (χ0n) is 11.7. The molecule has 0 spiro atoms. The lowest BCUT2D eigenvalue weighted by Crippen LogP contribution is -2.16. The van der Waals surface area contributed by atoms with E-state index in [0.29, 0.717) is 23.9 Å². The zero-order valence-corrected chi connectivity index (χ0v) is 13.3. The molecule has 0 atom stereocenters. The van der Waals surface area contributed by atoms with Crippen molar-refractivity contribution in [2.75, 3.05) is 0 Å². The van der Waals surface area contributed by atoms with Crippen LogP contribution >= 0.6 is 15.9 Å². The lowest BCUT2D eigenvalue weighted by atomic mass is 10.2. The lowest BCUT2D eigenvalue weighted by Gasteiger charge is -2.11. The summed E-state index contributed by atoms with van der Waals surface area (Å²) in [6.07, 6.45) is 3.93. The van der Waals surface area contributed by atoms with E-state index in [0.717, 1.165) is 10.0 Å². The number of nitrogens with one attached hydrogen (secondary N) is 1. The van der Waals surface area contributed by atoms with Gasteiger partial charge >= 0.3 is 0 Å². The van der Waals surface area contributed by atoms with Crippen molar-refractivity contribution >= 4 is 15.9 Å². The van der Waals surface area contributed by atoms with E-state index in [1.807, 2.05) is 25.1 Å². The van der Waals surface area contributed by atoms with Gasteiger partial charge in [-0.2, -0.15) is 0 Å². The summed E-state index contributed by atoms with van der Waals surface area (Å²) >= 11 is 3.39. The highest BCUT2D eigenvalue weighted by molar-refractivity contribution is 9.10. The van der Waals surface area contributed by atoms with Gasteiger partial charge in [-0.25, -0.2) is 9.37 Å². The number of hydrogen-bond acceptors (Lipinski definition) is 3. The Hall–Kier alpha value is -1.46. The van der Waals surface area contributed by atoms with Gasteiger partial charge in [0.05, 0.1) is 0 Å². The average molecular weight is 351 g/mol. The molecular weight excluding hydrogens is 335 g/mol. The van der Waals surface area contributed by atoms with Gasteiger partial charge in [0, 0.05) is 28.8 Å². The van der Waals surface area contributed by atoms with Crippen LogP contribution in [0.4, 0.5) is 4.39 Å². The van der Waals surface area contributed by atoms with Gasteiger partial charge in [-0.05, 0) is 43.5 Å². The second kappa shape index (κ2) is 6.12. The molecule has 1 N–H and O–H groups in total. The monoisotopic (exact) mass is 350 g/mol. The first kappa shape index (κ1) is 14.5. The van der Waals surface area contributed by atoms with Crippen molar-refractivity contribution in [3.8, 4) is 11.6 Å². The molecule has 0 amide bonds. The van der Waals surface area contributed by atoms with Crippen LogP contribution in [0.3, 0.4) is 0 Å². The number of hydrogen-bond donors (Lipinski definition) is 1. The largest absolute Gasteiger partial charge is 0.436 e. The summed E-state index contributed by atoms with van der Waals surface area (Å²) in [6, 6.07) is 7.86. The number of benzene rings is 1. The summed E-state index contributed by atoms with van der Waals surface area (Å²) < 4.78 is 20.9. The number of ether oxygens (including phenoxy) is 1. The highest BCUT2D eigenvalue weighted by Gasteiger charge is 2.21. The van der Waals surface area contributed by atoms with E-state index in [2.05, 4.69) is 26.2 Å². The molecule has 1 fully saturated rings. The third-order valence-corrected chi connectivity index (χ3v) is 3.95. The Bertz CT molecular complexity index is 659. The molecule has 3 nitrogen and oxygen atoms in total. The minimum absolute atomic E-state index is 0.0197. The molecule has 1 saturated carbocycles. The quantitative estimate of drug-likeness (QED) is 0.870. The highest BCUT2D eigenvalue weighted by Crippen LogP contribution is 2.29.